The van der Waals surface area contributed by atoms with Crippen molar-refractivity contribution in [2.45, 2.75) is 83.3 Å². The second kappa shape index (κ2) is 9.00. The highest BCUT2D eigenvalue weighted by Crippen LogP contribution is 2.19. The van der Waals surface area contributed by atoms with Crippen LogP contribution in [0.5, 0.6) is 0 Å². The zero-order chi connectivity index (χ0) is 11.6. The molecule has 2 unspecified atom stereocenters. The highest BCUT2D eigenvalue weighted by Gasteiger charge is 2.19. The van der Waals surface area contributed by atoms with Gasteiger partial charge in [0.15, 0.2) is 0 Å². The molecule has 2 N–H and O–H groups in total. The number of hydrogen-bond donors (Lipinski definition) is 1. The molecule has 16 heavy (non-hydrogen) atoms. The van der Waals surface area contributed by atoms with Crippen LogP contribution in [-0.2, 0) is 4.74 Å². The van der Waals surface area contributed by atoms with Gasteiger partial charge in [0.05, 0.1) is 6.10 Å². The molecule has 0 amide bonds. The Labute approximate surface area is 101 Å². The summed E-state index contributed by atoms with van der Waals surface area (Å²) in [7, 11) is 0. The minimum atomic E-state index is 0.284. The average Bonchev–Trinajstić information content (AvgIpc) is 2.27. The van der Waals surface area contributed by atoms with Gasteiger partial charge in [-0.1, -0.05) is 51.9 Å². The molecule has 0 aromatic carbocycles. The number of hydrogen-bond acceptors (Lipinski definition) is 2. The van der Waals surface area contributed by atoms with E-state index < -0.39 is 0 Å². The summed E-state index contributed by atoms with van der Waals surface area (Å²) in [4.78, 5) is 0. The van der Waals surface area contributed by atoms with Gasteiger partial charge in [-0.05, 0) is 19.3 Å². The Bertz CT molecular complexity index is 161. The molecular weight excluding hydrogens is 198 g/mol. The van der Waals surface area contributed by atoms with E-state index in [0.717, 1.165) is 13.0 Å². The third-order valence-electron chi connectivity index (χ3n) is 3.58. The van der Waals surface area contributed by atoms with Crippen LogP contribution in [0.15, 0.2) is 0 Å². The van der Waals surface area contributed by atoms with Crippen LogP contribution in [-0.4, -0.2) is 18.8 Å². The van der Waals surface area contributed by atoms with Gasteiger partial charge in [-0.2, -0.15) is 0 Å². The van der Waals surface area contributed by atoms with Crippen LogP contribution in [0.25, 0.3) is 0 Å². The summed E-state index contributed by atoms with van der Waals surface area (Å²) < 4.78 is 5.95. The van der Waals surface area contributed by atoms with E-state index >= 15 is 0 Å². The first-order valence-corrected chi connectivity index (χ1v) is 7.21. The molecule has 1 fully saturated rings. The molecule has 0 heterocycles. The van der Waals surface area contributed by atoms with Gasteiger partial charge in [-0.3, -0.25) is 0 Å². The fraction of sp³-hybridized carbons (Fsp3) is 1.00. The van der Waals surface area contributed by atoms with Gasteiger partial charge >= 0.3 is 0 Å². The third kappa shape index (κ3) is 5.86. The molecule has 96 valence electrons. The third-order valence-corrected chi connectivity index (χ3v) is 3.58. The van der Waals surface area contributed by atoms with Crippen LogP contribution < -0.4 is 5.73 Å². The Kier molecular flexibility index (Phi) is 7.87. The lowest BCUT2D eigenvalue weighted by molar-refractivity contribution is 0.0208. The number of rotatable bonds is 6. The minimum Gasteiger partial charge on any atom is -0.377 e. The largest absolute Gasteiger partial charge is 0.377 e. The predicted octanol–water partition coefficient (Wildman–Crippen LogP) is 3.63. The maximum Gasteiger partial charge on any atom is 0.0725 e. The molecule has 0 aromatic heterocycles. The number of nitrogens with two attached hydrogens (primary N) is 1. The molecule has 1 aliphatic carbocycles. The summed E-state index contributed by atoms with van der Waals surface area (Å²) in [5, 5.41) is 0. The van der Waals surface area contributed by atoms with Crippen molar-refractivity contribution in [1.29, 1.82) is 0 Å². The van der Waals surface area contributed by atoms with Crippen molar-refractivity contribution in [3.63, 3.8) is 0 Å². The maximum absolute atomic E-state index is 6.16. The molecule has 0 bridgehead atoms. The highest BCUT2D eigenvalue weighted by molar-refractivity contribution is 4.75. The first-order chi connectivity index (χ1) is 7.84. The van der Waals surface area contributed by atoms with Crippen LogP contribution in [0.1, 0.15) is 71.1 Å². The molecular formula is C14H29NO. The summed E-state index contributed by atoms with van der Waals surface area (Å²) in [5.41, 5.74) is 6.16. The van der Waals surface area contributed by atoms with E-state index in [2.05, 4.69) is 6.92 Å². The number of ether oxygens (including phenoxy) is 1. The van der Waals surface area contributed by atoms with Crippen molar-refractivity contribution >= 4 is 0 Å². The smallest absolute Gasteiger partial charge is 0.0725 e. The van der Waals surface area contributed by atoms with E-state index in [1.54, 1.807) is 0 Å². The first-order valence-electron chi connectivity index (χ1n) is 7.21. The second-order valence-electron chi connectivity index (χ2n) is 5.13. The Morgan fingerprint density at radius 1 is 1.00 bits per heavy atom. The van der Waals surface area contributed by atoms with Crippen LogP contribution in [0.3, 0.4) is 0 Å². The molecule has 0 aliphatic heterocycles. The van der Waals surface area contributed by atoms with Gasteiger partial charge in [-0.15, -0.1) is 0 Å². The summed E-state index contributed by atoms with van der Waals surface area (Å²) >= 11 is 0. The van der Waals surface area contributed by atoms with Crippen molar-refractivity contribution in [3.8, 4) is 0 Å². The van der Waals surface area contributed by atoms with Crippen molar-refractivity contribution in [2.75, 3.05) is 6.61 Å². The highest BCUT2D eigenvalue weighted by atomic mass is 16.5. The number of unbranched alkanes of at least 4 members (excludes halogenated alkanes) is 3. The van der Waals surface area contributed by atoms with Crippen molar-refractivity contribution in [3.05, 3.63) is 0 Å². The fourth-order valence-corrected chi connectivity index (χ4v) is 2.45. The maximum atomic E-state index is 6.16. The molecule has 2 nitrogen and oxygen atoms in total. The Morgan fingerprint density at radius 3 is 2.50 bits per heavy atom. The van der Waals surface area contributed by atoms with E-state index in [1.165, 1.54) is 57.8 Å². The van der Waals surface area contributed by atoms with Crippen molar-refractivity contribution in [1.82, 2.24) is 0 Å². The zero-order valence-electron chi connectivity index (χ0n) is 10.9. The Balaban J connectivity index is 2.11. The molecule has 2 heteroatoms. The zero-order valence-corrected chi connectivity index (χ0v) is 10.9. The first kappa shape index (κ1) is 14.0. The van der Waals surface area contributed by atoms with Crippen LogP contribution in [0, 0.1) is 0 Å². The SMILES string of the molecule is CCCCCCOC1CCCCCCC1N. The van der Waals surface area contributed by atoms with Gasteiger partial charge in [0.2, 0.25) is 0 Å². The molecule has 0 radical (unpaired) electrons. The van der Waals surface area contributed by atoms with Gasteiger partial charge in [0, 0.05) is 12.6 Å². The van der Waals surface area contributed by atoms with Crippen LogP contribution >= 0.6 is 0 Å². The van der Waals surface area contributed by atoms with E-state index in [-0.39, 0.29) is 6.04 Å². The second-order valence-corrected chi connectivity index (χ2v) is 5.13. The van der Waals surface area contributed by atoms with Gasteiger partial charge in [0.1, 0.15) is 0 Å². The lowest BCUT2D eigenvalue weighted by Crippen LogP contribution is -2.37. The Morgan fingerprint density at radius 2 is 1.75 bits per heavy atom. The summed E-state index contributed by atoms with van der Waals surface area (Å²) in [6, 6.07) is 0.284. The normalized spacial score (nSPS) is 27.4. The van der Waals surface area contributed by atoms with Gasteiger partial charge < -0.3 is 10.5 Å². The van der Waals surface area contributed by atoms with E-state index in [4.69, 9.17) is 10.5 Å². The molecule has 2 atom stereocenters. The minimum absolute atomic E-state index is 0.284. The Hall–Kier alpha value is -0.0800. The standard InChI is InChI=1S/C14H29NO/c1-2-3-4-9-12-16-14-11-8-6-5-7-10-13(14)15/h13-14H,2-12,15H2,1H3. The molecule has 1 rings (SSSR count). The molecule has 0 saturated heterocycles. The molecule has 0 spiro atoms. The molecule has 0 aromatic rings. The van der Waals surface area contributed by atoms with Gasteiger partial charge in [0.25, 0.3) is 0 Å². The van der Waals surface area contributed by atoms with E-state index in [9.17, 15) is 0 Å². The monoisotopic (exact) mass is 227 g/mol. The van der Waals surface area contributed by atoms with E-state index in [0.29, 0.717) is 6.10 Å². The molecule has 1 saturated carbocycles. The lowest BCUT2D eigenvalue weighted by Gasteiger charge is -2.26. The quantitative estimate of drug-likeness (QED) is 0.703. The predicted molar refractivity (Wildman–Crippen MR) is 69.6 cm³/mol. The topological polar surface area (TPSA) is 35.2 Å². The van der Waals surface area contributed by atoms with Crippen LogP contribution in [0.2, 0.25) is 0 Å². The van der Waals surface area contributed by atoms with Crippen LogP contribution in [0.4, 0.5) is 0 Å². The summed E-state index contributed by atoms with van der Waals surface area (Å²) in [6.45, 7) is 3.16. The van der Waals surface area contributed by atoms with Crippen molar-refractivity contribution < 1.29 is 4.74 Å². The lowest BCUT2D eigenvalue weighted by atomic mass is 9.95. The average molecular weight is 227 g/mol. The summed E-state index contributed by atoms with van der Waals surface area (Å²) in [6.07, 6.45) is 13.1. The molecule has 1 aliphatic rings. The van der Waals surface area contributed by atoms with Gasteiger partial charge in [-0.25, -0.2) is 0 Å². The fourth-order valence-electron chi connectivity index (χ4n) is 2.45. The van der Waals surface area contributed by atoms with Crippen molar-refractivity contribution in [2.24, 2.45) is 5.73 Å². The summed E-state index contributed by atoms with van der Waals surface area (Å²) in [5.74, 6) is 0. The van der Waals surface area contributed by atoms with E-state index in [1.807, 2.05) is 0 Å².